The normalized spacial score (nSPS) is 10.7. The van der Waals surface area contributed by atoms with Crippen LogP contribution in [0.5, 0.6) is 0 Å². The molecular formula is C12H12ClFN2S. The van der Waals surface area contributed by atoms with Crippen LogP contribution in [0.4, 0.5) is 4.39 Å². The van der Waals surface area contributed by atoms with E-state index in [0.29, 0.717) is 11.6 Å². The first-order chi connectivity index (χ1) is 8.24. The van der Waals surface area contributed by atoms with Crippen LogP contribution in [0.25, 0.3) is 0 Å². The fraction of sp³-hybridized carbons (Fsp3) is 0.250. The summed E-state index contributed by atoms with van der Waals surface area (Å²) in [7, 11) is 0. The van der Waals surface area contributed by atoms with Gasteiger partial charge in [0.15, 0.2) is 0 Å². The Hall–Kier alpha value is -0.970. The second kappa shape index (κ2) is 6.10. The number of hydrogen-bond acceptors (Lipinski definition) is 3. The van der Waals surface area contributed by atoms with Gasteiger partial charge in [-0.05, 0) is 23.8 Å². The van der Waals surface area contributed by atoms with Crippen molar-refractivity contribution in [3.63, 3.8) is 0 Å². The molecule has 0 aliphatic rings. The van der Waals surface area contributed by atoms with Crippen molar-refractivity contribution in [1.82, 2.24) is 10.3 Å². The lowest BCUT2D eigenvalue weighted by atomic mass is 10.2. The summed E-state index contributed by atoms with van der Waals surface area (Å²) in [6.45, 7) is 1.43. The topological polar surface area (TPSA) is 24.9 Å². The van der Waals surface area contributed by atoms with Gasteiger partial charge in [0.2, 0.25) is 0 Å². The number of nitrogens with one attached hydrogen (secondary N) is 1. The maximum atomic E-state index is 13.0. The van der Waals surface area contributed by atoms with E-state index in [1.54, 1.807) is 17.4 Å². The highest BCUT2D eigenvalue weighted by Crippen LogP contribution is 2.13. The van der Waals surface area contributed by atoms with Crippen molar-refractivity contribution in [2.45, 2.75) is 13.0 Å². The third-order valence-corrected chi connectivity index (χ3v) is 3.15. The van der Waals surface area contributed by atoms with Gasteiger partial charge in [-0.2, -0.15) is 0 Å². The van der Waals surface area contributed by atoms with Gasteiger partial charge in [0.25, 0.3) is 0 Å². The summed E-state index contributed by atoms with van der Waals surface area (Å²) in [6.07, 6.45) is 0.881. The van der Waals surface area contributed by atoms with Gasteiger partial charge in [-0.25, -0.2) is 9.37 Å². The van der Waals surface area contributed by atoms with E-state index in [4.69, 9.17) is 11.6 Å². The molecule has 90 valence electrons. The van der Waals surface area contributed by atoms with Crippen LogP contribution in [0, 0.1) is 5.82 Å². The molecule has 5 heteroatoms. The Morgan fingerprint density at radius 3 is 2.94 bits per heavy atom. The lowest BCUT2D eigenvalue weighted by Crippen LogP contribution is -2.16. The molecule has 0 aliphatic heterocycles. The summed E-state index contributed by atoms with van der Waals surface area (Å²) < 4.78 is 13.0. The molecule has 1 aromatic carbocycles. The van der Waals surface area contributed by atoms with E-state index in [1.165, 1.54) is 12.1 Å². The molecule has 0 unspecified atom stereocenters. The molecule has 1 heterocycles. The molecule has 0 atom stereocenters. The average Bonchev–Trinajstić information content (AvgIpc) is 2.76. The maximum Gasteiger partial charge on any atom is 0.125 e. The van der Waals surface area contributed by atoms with Crippen LogP contribution < -0.4 is 5.32 Å². The molecule has 0 saturated heterocycles. The largest absolute Gasteiger partial charge is 0.312 e. The summed E-state index contributed by atoms with van der Waals surface area (Å²) in [4.78, 5) is 4.19. The molecule has 17 heavy (non-hydrogen) atoms. The van der Waals surface area contributed by atoms with Gasteiger partial charge in [-0.15, -0.1) is 11.3 Å². The molecule has 1 N–H and O–H groups in total. The van der Waals surface area contributed by atoms with Gasteiger partial charge in [0.1, 0.15) is 5.82 Å². The fourth-order valence-corrected chi connectivity index (χ4v) is 2.36. The second-order valence-corrected chi connectivity index (χ2v) is 4.84. The molecule has 0 bridgehead atoms. The van der Waals surface area contributed by atoms with Crippen molar-refractivity contribution in [2.75, 3.05) is 6.54 Å². The highest BCUT2D eigenvalue weighted by molar-refractivity contribution is 7.07. The van der Waals surface area contributed by atoms with Gasteiger partial charge >= 0.3 is 0 Å². The van der Waals surface area contributed by atoms with E-state index < -0.39 is 0 Å². The van der Waals surface area contributed by atoms with E-state index in [-0.39, 0.29) is 5.82 Å². The van der Waals surface area contributed by atoms with Gasteiger partial charge in [-0.1, -0.05) is 11.6 Å². The van der Waals surface area contributed by atoms with Crippen LogP contribution in [0.2, 0.25) is 5.02 Å². The molecule has 0 saturated carbocycles. The quantitative estimate of drug-likeness (QED) is 0.844. The van der Waals surface area contributed by atoms with E-state index in [0.717, 1.165) is 24.2 Å². The third kappa shape index (κ3) is 4.07. The summed E-state index contributed by atoms with van der Waals surface area (Å²) in [5.41, 5.74) is 3.76. The predicted molar refractivity (Wildman–Crippen MR) is 68.9 cm³/mol. The summed E-state index contributed by atoms with van der Waals surface area (Å²) in [6, 6.07) is 4.56. The first kappa shape index (κ1) is 12.5. The van der Waals surface area contributed by atoms with Gasteiger partial charge < -0.3 is 5.32 Å². The fourth-order valence-electron chi connectivity index (χ4n) is 1.52. The first-order valence-electron chi connectivity index (χ1n) is 5.27. The summed E-state index contributed by atoms with van der Waals surface area (Å²) in [5.74, 6) is -0.297. The molecule has 1 aromatic heterocycles. The van der Waals surface area contributed by atoms with Crippen LogP contribution in [0.15, 0.2) is 29.1 Å². The Morgan fingerprint density at radius 2 is 2.24 bits per heavy atom. The molecule has 2 rings (SSSR count). The standard InChI is InChI=1S/C12H12ClFN2S/c13-10-3-9(4-11(14)5-10)6-15-2-1-12-7-17-8-16-12/h3-5,7-8,15H,1-2,6H2. The average molecular weight is 271 g/mol. The number of benzene rings is 1. The Morgan fingerprint density at radius 1 is 1.35 bits per heavy atom. The smallest absolute Gasteiger partial charge is 0.125 e. The minimum absolute atomic E-state index is 0.297. The van der Waals surface area contributed by atoms with Crippen LogP contribution in [0.1, 0.15) is 11.3 Å². The van der Waals surface area contributed by atoms with Gasteiger partial charge in [0, 0.05) is 29.9 Å². The first-order valence-corrected chi connectivity index (χ1v) is 6.59. The summed E-state index contributed by atoms with van der Waals surface area (Å²) in [5, 5.41) is 5.69. The highest BCUT2D eigenvalue weighted by atomic mass is 35.5. The van der Waals surface area contributed by atoms with E-state index >= 15 is 0 Å². The molecule has 0 aliphatic carbocycles. The van der Waals surface area contributed by atoms with Crippen molar-refractivity contribution in [2.24, 2.45) is 0 Å². The monoisotopic (exact) mass is 270 g/mol. The number of thiazole rings is 1. The van der Waals surface area contributed by atoms with Crippen molar-refractivity contribution < 1.29 is 4.39 Å². The van der Waals surface area contributed by atoms with E-state index in [1.807, 2.05) is 10.9 Å². The molecule has 2 nitrogen and oxygen atoms in total. The zero-order valence-electron chi connectivity index (χ0n) is 9.12. The SMILES string of the molecule is Fc1cc(Cl)cc(CNCCc2cscn2)c1. The highest BCUT2D eigenvalue weighted by Gasteiger charge is 1.99. The number of rotatable bonds is 5. The van der Waals surface area contributed by atoms with Gasteiger partial charge in [0.05, 0.1) is 11.2 Å². The third-order valence-electron chi connectivity index (χ3n) is 2.29. The van der Waals surface area contributed by atoms with Crippen LogP contribution in [0.3, 0.4) is 0 Å². The number of aromatic nitrogens is 1. The van der Waals surface area contributed by atoms with Gasteiger partial charge in [-0.3, -0.25) is 0 Å². The molecule has 0 spiro atoms. The Labute approximate surface area is 108 Å². The Bertz CT molecular complexity index is 453. The van der Waals surface area contributed by atoms with Crippen LogP contribution in [-0.4, -0.2) is 11.5 Å². The van der Waals surface area contributed by atoms with Crippen molar-refractivity contribution >= 4 is 22.9 Å². The van der Waals surface area contributed by atoms with E-state index in [9.17, 15) is 4.39 Å². The minimum Gasteiger partial charge on any atom is -0.312 e. The lowest BCUT2D eigenvalue weighted by Gasteiger charge is -2.04. The zero-order chi connectivity index (χ0) is 12.1. The Kier molecular flexibility index (Phi) is 4.48. The van der Waals surface area contributed by atoms with Crippen LogP contribution in [-0.2, 0) is 13.0 Å². The van der Waals surface area contributed by atoms with Crippen molar-refractivity contribution in [3.05, 3.63) is 51.2 Å². The Balaban J connectivity index is 1.78. The predicted octanol–water partition coefficient (Wildman–Crippen LogP) is 3.27. The van der Waals surface area contributed by atoms with Crippen molar-refractivity contribution in [1.29, 1.82) is 0 Å². The number of hydrogen-bond donors (Lipinski definition) is 1. The second-order valence-electron chi connectivity index (χ2n) is 3.68. The molecule has 0 amide bonds. The molecular weight excluding hydrogens is 259 g/mol. The lowest BCUT2D eigenvalue weighted by molar-refractivity contribution is 0.620. The van der Waals surface area contributed by atoms with Crippen LogP contribution >= 0.6 is 22.9 Å². The molecule has 0 fully saturated rings. The summed E-state index contributed by atoms with van der Waals surface area (Å²) >= 11 is 7.36. The molecule has 2 aromatic rings. The number of halogens is 2. The zero-order valence-corrected chi connectivity index (χ0v) is 10.7. The molecule has 0 radical (unpaired) electrons. The maximum absolute atomic E-state index is 13.0. The van der Waals surface area contributed by atoms with E-state index in [2.05, 4.69) is 10.3 Å². The minimum atomic E-state index is -0.297. The number of nitrogens with zero attached hydrogens (tertiary/aromatic N) is 1. The van der Waals surface area contributed by atoms with Crippen molar-refractivity contribution in [3.8, 4) is 0 Å².